The molecule has 1 aromatic heterocycles. The molecular formula is C12H15BrN2O2. The first kappa shape index (κ1) is 12.4. The van der Waals surface area contributed by atoms with Crippen molar-refractivity contribution >= 4 is 27.7 Å². The lowest BCUT2D eigenvalue weighted by Gasteiger charge is -2.17. The fourth-order valence-electron chi connectivity index (χ4n) is 2.05. The van der Waals surface area contributed by atoms with Gasteiger partial charge in [0.15, 0.2) is 0 Å². The minimum Gasteiger partial charge on any atom is -0.340 e. The zero-order valence-electron chi connectivity index (χ0n) is 9.94. The Labute approximate surface area is 109 Å². The Hall–Kier alpha value is -1.10. The molecule has 0 saturated carbocycles. The number of rotatable bonds is 2. The van der Waals surface area contributed by atoms with Crippen molar-refractivity contribution < 1.29 is 9.59 Å². The summed E-state index contributed by atoms with van der Waals surface area (Å²) in [4.78, 5) is 25.2. The molecule has 0 atom stereocenters. The maximum atomic E-state index is 12.3. The van der Waals surface area contributed by atoms with Crippen LogP contribution in [0.15, 0.2) is 16.7 Å². The van der Waals surface area contributed by atoms with Crippen LogP contribution in [0.25, 0.3) is 0 Å². The predicted octanol–water partition coefficient (Wildman–Crippen LogP) is 2.59. The molecule has 0 aliphatic carbocycles. The lowest BCUT2D eigenvalue weighted by atomic mass is 10.3. The third-order valence-corrected chi connectivity index (χ3v) is 3.34. The van der Waals surface area contributed by atoms with E-state index in [0.717, 1.165) is 10.9 Å². The van der Waals surface area contributed by atoms with Gasteiger partial charge in [-0.3, -0.25) is 14.5 Å². The number of carbonyl (C=O) groups is 2. The van der Waals surface area contributed by atoms with E-state index >= 15 is 0 Å². The largest absolute Gasteiger partial charge is 0.340 e. The lowest BCUT2D eigenvalue weighted by molar-refractivity contribution is -0.125. The van der Waals surface area contributed by atoms with E-state index < -0.39 is 0 Å². The normalized spacial score (nSPS) is 16.0. The fraction of sp³-hybridized carbons (Fsp3) is 0.500. The molecule has 2 amide bonds. The molecule has 0 bridgehead atoms. The molecule has 17 heavy (non-hydrogen) atoms. The average Bonchev–Trinajstić information content (AvgIpc) is 2.83. The maximum Gasteiger partial charge on any atom is 0.277 e. The number of imide groups is 1. The summed E-state index contributed by atoms with van der Waals surface area (Å²) in [6, 6.07) is 1.96. The highest BCUT2D eigenvalue weighted by Gasteiger charge is 2.29. The number of carbonyl (C=O) groups excluding carboxylic acids is 2. The van der Waals surface area contributed by atoms with Gasteiger partial charge >= 0.3 is 0 Å². The van der Waals surface area contributed by atoms with E-state index in [1.54, 1.807) is 6.07 Å². The van der Waals surface area contributed by atoms with Crippen molar-refractivity contribution in [3.63, 3.8) is 0 Å². The Morgan fingerprint density at radius 2 is 2.18 bits per heavy atom. The quantitative estimate of drug-likeness (QED) is 0.788. The molecule has 0 spiro atoms. The summed E-state index contributed by atoms with van der Waals surface area (Å²) in [6.45, 7) is 4.56. The monoisotopic (exact) mass is 298 g/mol. The number of nitrogens with zero attached hydrogens (tertiary/aromatic N) is 2. The minimum absolute atomic E-state index is 0.0670. The number of aromatic nitrogens is 1. The van der Waals surface area contributed by atoms with Crippen LogP contribution in [0.4, 0.5) is 0 Å². The molecule has 0 N–H and O–H groups in total. The predicted molar refractivity (Wildman–Crippen MR) is 67.8 cm³/mol. The van der Waals surface area contributed by atoms with E-state index in [1.807, 2.05) is 24.6 Å². The van der Waals surface area contributed by atoms with Crippen LogP contribution in [0.5, 0.6) is 0 Å². The van der Waals surface area contributed by atoms with Crippen molar-refractivity contribution in [2.75, 3.05) is 6.54 Å². The molecule has 92 valence electrons. The van der Waals surface area contributed by atoms with Crippen LogP contribution in [0.1, 0.15) is 43.2 Å². The van der Waals surface area contributed by atoms with Crippen molar-refractivity contribution in [3.8, 4) is 0 Å². The summed E-state index contributed by atoms with van der Waals surface area (Å²) >= 11 is 3.37. The summed E-state index contributed by atoms with van der Waals surface area (Å²) in [7, 11) is 0. The third-order valence-electron chi connectivity index (χ3n) is 2.91. The molecule has 5 heteroatoms. The number of amides is 2. The highest BCUT2D eigenvalue weighted by atomic mass is 79.9. The Morgan fingerprint density at radius 1 is 1.47 bits per heavy atom. The Morgan fingerprint density at radius 3 is 2.71 bits per heavy atom. The lowest BCUT2D eigenvalue weighted by Crippen LogP contribution is -2.33. The molecule has 0 radical (unpaired) electrons. The maximum absolute atomic E-state index is 12.3. The van der Waals surface area contributed by atoms with Gasteiger partial charge in [-0.1, -0.05) is 0 Å². The van der Waals surface area contributed by atoms with E-state index in [0.29, 0.717) is 18.7 Å². The number of halogens is 1. The molecule has 2 rings (SSSR count). The van der Waals surface area contributed by atoms with Gasteiger partial charge < -0.3 is 4.57 Å². The summed E-state index contributed by atoms with van der Waals surface area (Å²) < 4.78 is 2.75. The van der Waals surface area contributed by atoms with Gasteiger partial charge in [-0.2, -0.15) is 0 Å². The Bertz CT molecular complexity index is 465. The highest BCUT2D eigenvalue weighted by Crippen LogP contribution is 2.22. The fourth-order valence-corrected chi connectivity index (χ4v) is 2.48. The highest BCUT2D eigenvalue weighted by molar-refractivity contribution is 9.10. The van der Waals surface area contributed by atoms with Crippen LogP contribution >= 0.6 is 15.9 Å². The molecule has 1 aliphatic heterocycles. The molecule has 1 fully saturated rings. The molecule has 0 unspecified atom stereocenters. The topological polar surface area (TPSA) is 42.3 Å². The number of hydrogen-bond donors (Lipinski definition) is 0. The second-order valence-corrected chi connectivity index (χ2v) is 5.41. The molecule has 4 nitrogen and oxygen atoms in total. The van der Waals surface area contributed by atoms with E-state index in [9.17, 15) is 9.59 Å². The Kier molecular flexibility index (Phi) is 3.38. The van der Waals surface area contributed by atoms with Crippen LogP contribution in [0.2, 0.25) is 0 Å². The molecule has 1 aliphatic rings. The summed E-state index contributed by atoms with van der Waals surface area (Å²) in [6.07, 6.45) is 3.13. The van der Waals surface area contributed by atoms with Crippen LogP contribution in [0.3, 0.4) is 0 Å². The summed E-state index contributed by atoms with van der Waals surface area (Å²) in [5, 5.41) is 0. The van der Waals surface area contributed by atoms with Gasteiger partial charge in [0, 0.05) is 29.7 Å². The SMILES string of the molecule is CC(C)n1cc(Br)cc1C(=O)N1CCCC1=O. The molecule has 1 aromatic rings. The van der Waals surface area contributed by atoms with Gasteiger partial charge in [0.25, 0.3) is 5.91 Å². The van der Waals surface area contributed by atoms with Crippen LogP contribution < -0.4 is 0 Å². The molecule has 0 aromatic carbocycles. The number of hydrogen-bond acceptors (Lipinski definition) is 2. The first-order valence-corrected chi connectivity index (χ1v) is 6.52. The summed E-state index contributed by atoms with van der Waals surface area (Å²) in [5.74, 6) is -0.255. The van der Waals surface area contributed by atoms with Gasteiger partial charge in [0.2, 0.25) is 5.91 Å². The van der Waals surface area contributed by atoms with E-state index in [1.165, 1.54) is 4.90 Å². The third kappa shape index (κ3) is 2.29. The van der Waals surface area contributed by atoms with Crippen LogP contribution in [-0.4, -0.2) is 27.8 Å². The van der Waals surface area contributed by atoms with Crippen molar-refractivity contribution in [2.45, 2.75) is 32.7 Å². The standard InChI is InChI=1S/C12H15BrN2O2/c1-8(2)15-7-9(13)6-10(15)12(17)14-5-3-4-11(14)16/h6-8H,3-5H2,1-2H3. The van der Waals surface area contributed by atoms with Crippen molar-refractivity contribution in [3.05, 3.63) is 22.4 Å². The minimum atomic E-state index is -0.188. The van der Waals surface area contributed by atoms with Gasteiger partial charge in [-0.15, -0.1) is 0 Å². The van der Waals surface area contributed by atoms with Crippen LogP contribution in [-0.2, 0) is 4.79 Å². The van der Waals surface area contributed by atoms with Crippen LogP contribution in [0, 0.1) is 0 Å². The van der Waals surface area contributed by atoms with Gasteiger partial charge in [-0.25, -0.2) is 0 Å². The smallest absolute Gasteiger partial charge is 0.277 e. The second kappa shape index (κ2) is 4.64. The molecular weight excluding hydrogens is 284 g/mol. The van der Waals surface area contributed by atoms with E-state index in [4.69, 9.17) is 0 Å². The van der Waals surface area contributed by atoms with Crippen molar-refractivity contribution in [2.24, 2.45) is 0 Å². The van der Waals surface area contributed by atoms with E-state index in [2.05, 4.69) is 15.9 Å². The molecule has 1 saturated heterocycles. The van der Waals surface area contributed by atoms with E-state index in [-0.39, 0.29) is 17.9 Å². The van der Waals surface area contributed by atoms with Crippen molar-refractivity contribution in [1.82, 2.24) is 9.47 Å². The first-order valence-electron chi connectivity index (χ1n) is 5.72. The van der Waals surface area contributed by atoms with Crippen molar-refractivity contribution in [1.29, 1.82) is 0 Å². The second-order valence-electron chi connectivity index (χ2n) is 4.50. The van der Waals surface area contributed by atoms with Gasteiger partial charge in [-0.05, 0) is 42.3 Å². The van der Waals surface area contributed by atoms with Gasteiger partial charge in [0.05, 0.1) is 0 Å². The summed E-state index contributed by atoms with van der Waals surface area (Å²) in [5.41, 5.74) is 0.571. The molecule has 2 heterocycles. The zero-order chi connectivity index (χ0) is 12.6. The zero-order valence-corrected chi connectivity index (χ0v) is 11.5. The Balaban J connectivity index is 2.33. The number of likely N-dealkylation sites (tertiary alicyclic amines) is 1. The van der Waals surface area contributed by atoms with Gasteiger partial charge in [0.1, 0.15) is 5.69 Å². The average molecular weight is 299 g/mol. The first-order chi connectivity index (χ1) is 8.00.